The van der Waals surface area contributed by atoms with Crippen molar-refractivity contribution < 1.29 is 22.5 Å². The molecule has 2 aliphatic rings. The molecule has 5 nitrogen and oxygen atoms in total. The Hall–Kier alpha value is -0.960. The van der Waals surface area contributed by atoms with E-state index in [1.165, 1.54) is 7.05 Å². The third-order valence-corrected chi connectivity index (χ3v) is 4.88. The van der Waals surface area contributed by atoms with Crippen LogP contribution in [-0.2, 0) is 0 Å². The predicted octanol–water partition coefficient (Wildman–Crippen LogP) is 2.34. The van der Waals surface area contributed by atoms with Gasteiger partial charge in [-0.2, -0.15) is 13.2 Å². The summed E-state index contributed by atoms with van der Waals surface area (Å²) in [6, 6.07) is -1.54. The molecule has 0 bridgehead atoms. The summed E-state index contributed by atoms with van der Waals surface area (Å²) in [5, 5.41) is 13.9. The number of hydrogen-bond donors (Lipinski definition) is 1. The van der Waals surface area contributed by atoms with Gasteiger partial charge in [-0.05, 0) is 39.2 Å². The van der Waals surface area contributed by atoms with E-state index in [4.69, 9.17) is 0 Å². The van der Waals surface area contributed by atoms with Gasteiger partial charge in [-0.25, -0.2) is 4.39 Å². The number of nitrogens with zero attached hydrogens (tertiary/aromatic N) is 2. The summed E-state index contributed by atoms with van der Waals surface area (Å²) in [6.07, 6.45) is -5.70. The Morgan fingerprint density at radius 1 is 1.18 bits per heavy atom. The summed E-state index contributed by atoms with van der Waals surface area (Å²) in [5.74, 6) is -1.29. The molecule has 3 atom stereocenters. The second-order valence-corrected chi connectivity index (χ2v) is 6.10. The molecule has 1 saturated carbocycles. The molecular formula is C13H21F4N3O2. The lowest BCUT2D eigenvalue weighted by Gasteiger charge is -2.45. The van der Waals surface area contributed by atoms with Crippen molar-refractivity contribution in [2.45, 2.75) is 62.7 Å². The second-order valence-electron chi connectivity index (χ2n) is 6.10. The molecule has 3 unspecified atom stereocenters. The number of likely N-dealkylation sites (N-methyl/N-ethyl adjacent to an activating group) is 1. The van der Waals surface area contributed by atoms with Crippen LogP contribution in [0, 0.1) is 16.0 Å². The van der Waals surface area contributed by atoms with E-state index >= 15 is 0 Å². The summed E-state index contributed by atoms with van der Waals surface area (Å²) in [5.41, 5.74) is 0. The molecule has 9 heteroatoms. The number of likely N-dealkylation sites (tertiary alicyclic amines) is 1. The van der Waals surface area contributed by atoms with Crippen LogP contribution < -0.4 is 5.32 Å². The monoisotopic (exact) mass is 327 g/mol. The van der Waals surface area contributed by atoms with Gasteiger partial charge in [0.25, 0.3) is 6.04 Å². The Bertz CT molecular complexity index is 399. The molecule has 128 valence electrons. The zero-order chi connectivity index (χ0) is 16.5. The molecule has 1 aliphatic heterocycles. The largest absolute Gasteiger partial charge is 0.391 e. The highest BCUT2D eigenvalue weighted by Gasteiger charge is 2.49. The van der Waals surface area contributed by atoms with E-state index in [0.717, 1.165) is 0 Å². The summed E-state index contributed by atoms with van der Waals surface area (Å²) in [4.78, 5) is 12.3. The molecule has 22 heavy (non-hydrogen) atoms. The molecule has 0 spiro atoms. The Kier molecular flexibility index (Phi) is 5.26. The lowest BCUT2D eigenvalue weighted by atomic mass is 9.83. The third kappa shape index (κ3) is 3.51. The smallest absolute Gasteiger partial charge is 0.299 e. The number of rotatable bonds is 3. The minimum Gasteiger partial charge on any atom is -0.299 e. The SMILES string of the molecule is CNC1C([N+](=O)[O-])C(F)CCN1C1CCC(C(F)(F)F)CC1. The van der Waals surface area contributed by atoms with Crippen LogP contribution in [0.1, 0.15) is 32.1 Å². The maximum Gasteiger partial charge on any atom is 0.391 e. The molecule has 1 heterocycles. The van der Waals surface area contributed by atoms with E-state index in [1.54, 1.807) is 4.90 Å². The van der Waals surface area contributed by atoms with Gasteiger partial charge in [-0.1, -0.05) is 0 Å². The van der Waals surface area contributed by atoms with E-state index in [2.05, 4.69) is 5.32 Å². The molecule has 0 radical (unpaired) electrons. The van der Waals surface area contributed by atoms with Gasteiger partial charge >= 0.3 is 6.18 Å². The van der Waals surface area contributed by atoms with Crippen LogP contribution in [0.3, 0.4) is 0 Å². The molecule has 1 aliphatic carbocycles. The minimum absolute atomic E-state index is 0.0310. The van der Waals surface area contributed by atoms with Crippen LogP contribution in [0.2, 0.25) is 0 Å². The standard InChI is InChI=1S/C13H21F4N3O2/c1-18-12-11(20(21)22)10(14)6-7-19(12)9-4-2-8(3-5-9)13(15,16)17/h8-12,18H,2-7H2,1H3. The molecule has 1 N–H and O–H groups in total. The quantitative estimate of drug-likeness (QED) is 0.491. The first-order valence-electron chi connectivity index (χ1n) is 7.53. The van der Waals surface area contributed by atoms with E-state index in [1.807, 2.05) is 0 Å². The molecule has 0 aromatic heterocycles. The average Bonchev–Trinajstić information content (AvgIpc) is 2.45. The number of halogens is 4. The number of alkyl halides is 4. The second kappa shape index (κ2) is 6.66. The van der Waals surface area contributed by atoms with Crippen molar-refractivity contribution in [1.82, 2.24) is 10.2 Å². The lowest BCUT2D eigenvalue weighted by Crippen LogP contribution is -2.64. The molecule has 2 rings (SSSR count). The summed E-state index contributed by atoms with van der Waals surface area (Å²) in [7, 11) is 1.52. The minimum atomic E-state index is -4.18. The molecule has 0 amide bonds. The number of nitrogens with one attached hydrogen (secondary N) is 1. The Morgan fingerprint density at radius 2 is 1.77 bits per heavy atom. The molecular weight excluding hydrogens is 306 g/mol. The van der Waals surface area contributed by atoms with Crippen molar-refractivity contribution >= 4 is 0 Å². The highest BCUT2D eigenvalue weighted by molar-refractivity contribution is 4.93. The van der Waals surface area contributed by atoms with Gasteiger partial charge in [0, 0.05) is 17.5 Å². The highest BCUT2D eigenvalue weighted by Crippen LogP contribution is 2.40. The topological polar surface area (TPSA) is 58.4 Å². The Labute approximate surface area is 126 Å². The Balaban J connectivity index is 2.04. The van der Waals surface area contributed by atoms with Crippen LogP contribution in [0.25, 0.3) is 0 Å². The fourth-order valence-electron chi connectivity index (χ4n) is 3.70. The highest BCUT2D eigenvalue weighted by atomic mass is 19.4. The van der Waals surface area contributed by atoms with Gasteiger partial charge in [0.15, 0.2) is 6.17 Å². The van der Waals surface area contributed by atoms with Gasteiger partial charge < -0.3 is 0 Å². The van der Waals surface area contributed by atoms with Crippen molar-refractivity contribution in [2.75, 3.05) is 13.6 Å². The normalized spacial score (nSPS) is 38.0. The first-order chi connectivity index (χ1) is 10.3. The van der Waals surface area contributed by atoms with Gasteiger partial charge in [0.2, 0.25) is 0 Å². The van der Waals surface area contributed by atoms with Gasteiger partial charge in [-0.3, -0.25) is 20.3 Å². The summed E-state index contributed by atoms with van der Waals surface area (Å²) in [6.45, 7) is 0.332. The van der Waals surface area contributed by atoms with E-state index in [9.17, 15) is 27.7 Å². The fourth-order valence-corrected chi connectivity index (χ4v) is 3.70. The van der Waals surface area contributed by atoms with Crippen LogP contribution in [-0.4, -0.2) is 54.0 Å². The first kappa shape index (κ1) is 17.4. The number of hydrogen-bond acceptors (Lipinski definition) is 4. The van der Waals surface area contributed by atoms with E-state index < -0.39 is 35.4 Å². The molecule has 0 aromatic carbocycles. The van der Waals surface area contributed by atoms with Gasteiger partial charge in [-0.15, -0.1) is 0 Å². The summed E-state index contributed by atoms with van der Waals surface area (Å²) < 4.78 is 52.0. The molecule has 1 saturated heterocycles. The number of nitro groups is 1. The first-order valence-corrected chi connectivity index (χ1v) is 7.53. The van der Waals surface area contributed by atoms with Gasteiger partial charge in [0.05, 0.1) is 5.92 Å². The van der Waals surface area contributed by atoms with E-state index in [0.29, 0.717) is 19.4 Å². The van der Waals surface area contributed by atoms with Gasteiger partial charge in [0.1, 0.15) is 6.17 Å². The molecule has 0 aromatic rings. The zero-order valence-corrected chi connectivity index (χ0v) is 12.4. The van der Waals surface area contributed by atoms with Crippen molar-refractivity contribution in [3.8, 4) is 0 Å². The maximum absolute atomic E-state index is 13.8. The molecule has 2 fully saturated rings. The Morgan fingerprint density at radius 3 is 2.23 bits per heavy atom. The lowest BCUT2D eigenvalue weighted by molar-refractivity contribution is -0.544. The fraction of sp³-hybridized carbons (Fsp3) is 1.00. The van der Waals surface area contributed by atoms with Crippen LogP contribution in [0.4, 0.5) is 17.6 Å². The zero-order valence-electron chi connectivity index (χ0n) is 12.4. The van der Waals surface area contributed by atoms with Crippen LogP contribution >= 0.6 is 0 Å². The number of piperidine rings is 1. The van der Waals surface area contributed by atoms with Crippen molar-refractivity contribution in [2.24, 2.45) is 5.92 Å². The van der Waals surface area contributed by atoms with E-state index in [-0.39, 0.29) is 25.3 Å². The third-order valence-electron chi connectivity index (χ3n) is 4.88. The van der Waals surface area contributed by atoms with Crippen LogP contribution in [0.5, 0.6) is 0 Å². The summed E-state index contributed by atoms with van der Waals surface area (Å²) >= 11 is 0. The maximum atomic E-state index is 13.8. The van der Waals surface area contributed by atoms with Crippen molar-refractivity contribution in [3.63, 3.8) is 0 Å². The predicted molar refractivity (Wildman–Crippen MR) is 71.7 cm³/mol. The van der Waals surface area contributed by atoms with Crippen molar-refractivity contribution in [3.05, 3.63) is 10.1 Å². The van der Waals surface area contributed by atoms with Crippen LogP contribution in [0.15, 0.2) is 0 Å². The van der Waals surface area contributed by atoms with Crippen molar-refractivity contribution in [1.29, 1.82) is 0 Å². The average molecular weight is 327 g/mol.